The Morgan fingerprint density at radius 2 is 2.07 bits per heavy atom. The van der Waals surface area contributed by atoms with Crippen LogP contribution in [0, 0.1) is 0 Å². The molecule has 1 amide bonds. The average Bonchev–Trinajstić information content (AvgIpc) is 3.35. The van der Waals surface area contributed by atoms with E-state index in [1.807, 2.05) is 30.3 Å². The molecule has 10 heteroatoms. The highest BCUT2D eigenvalue weighted by Crippen LogP contribution is 2.24. The van der Waals surface area contributed by atoms with Crippen LogP contribution in [0.15, 0.2) is 51.4 Å². The molecule has 0 aliphatic heterocycles. The van der Waals surface area contributed by atoms with Crippen LogP contribution in [0.5, 0.6) is 0 Å². The summed E-state index contributed by atoms with van der Waals surface area (Å²) in [5.41, 5.74) is 0.946. The molecule has 0 unspecified atom stereocenters. The van der Waals surface area contributed by atoms with Gasteiger partial charge < -0.3 is 4.42 Å². The van der Waals surface area contributed by atoms with E-state index in [1.54, 1.807) is 12.1 Å². The number of amides is 1. The summed E-state index contributed by atoms with van der Waals surface area (Å²) in [5, 5.41) is 17.2. The first-order valence-electron chi connectivity index (χ1n) is 8.97. The molecule has 0 saturated carbocycles. The molecule has 0 fully saturated rings. The molecule has 3 aromatic rings. The lowest BCUT2D eigenvalue weighted by Crippen LogP contribution is -2.33. The Labute approximate surface area is 181 Å². The largest absolute Gasteiger partial charge is 0.457 e. The van der Waals surface area contributed by atoms with E-state index in [0.717, 1.165) is 22.9 Å². The standard InChI is InChI=1S/C19H19BrN6O2S/c1-2-3-12-26-24-18(23-25-26)22-19(29)21-17(27)11-9-15-8-10-16(28-15)13-4-6-14(20)7-5-13/h4-11H,2-3,12H2,1H3,(H2,21,22,24,27,29)/b11-9+. The highest BCUT2D eigenvalue weighted by atomic mass is 79.9. The molecule has 2 aromatic heterocycles. The molecule has 0 spiro atoms. The van der Waals surface area contributed by atoms with Gasteiger partial charge in [-0.1, -0.05) is 46.5 Å². The molecule has 0 aliphatic rings. The van der Waals surface area contributed by atoms with E-state index in [1.165, 1.54) is 10.9 Å². The smallest absolute Gasteiger partial charge is 0.269 e. The van der Waals surface area contributed by atoms with Crippen LogP contribution in [0.3, 0.4) is 0 Å². The van der Waals surface area contributed by atoms with Gasteiger partial charge in [0.25, 0.3) is 5.95 Å². The van der Waals surface area contributed by atoms with Crippen LogP contribution in [-0.2, 0) is 11.3 Å². The van der Waals surface area contributed by atoms with Crippen molar-refractivity contribution in [2.45, 2.75) is 26.3 Å². The lowest BCUT2D eigenvalue weighted by molar-refractivity contribution is -0.115. The van der Waals surface area contributed by atoms with E-state index >= 15 is 0 Å². The number of carbonyl (C=O) groups excluding carboxylic acids is 1. The number of nitrogens with zero attached hydrogens (tertiary/aromatic N) is 4. The van der Waals surface area contributed by atoms with E-state index < -0.39 is 5.91 Å². The SMILES string of the molecule is CCCCn1nnc(NC(=S)NC(=O)/C=C/c2ccc(-c3ccc(Br)cc3)o2)n1. The van der Waals surface area contributed by atoms with Crippen LogP contribution in [0.1, 0.15) is 25.5 Å². The Kier molecular flexibility index (Phi) is 7.25. The fourth-order valence-corrected chi connectivity index (χ4v) is 2.80. The zero-order valence-electron chi connectivity index (χ0n) is 15.6. The van der Waals surface area contributed by atoms with Crippen molar-refractivity contribution in [2.24, 2.45) is 0 Å². The summed E-state index contributed by atoms with van der Waals surface area (Å²) in [4.78, 5) is 13.5. The monoisotopic (exact) mass is 474 g/mol. The second-order valence-corrected chi connectivity index (χ2v) is 7.37. The summed E-state index contributed by atoms with van der Waals surface area (Å²) in [7, 11) is 0. The Morgan fingerprint density at radius 1 is 1.28 bits per heavy atom. The number of hydrogen-bond donors (Lipinski definition) is 2. The van der Waals surface area contributed by atoms with Crippen molar-refractivity contribution in [3.05, 3.63) is 52.7 Å². The number of aryl methyl sites for hydroxylation is 1. The maximum absolute atomic E-state index is 12.0. The summed E-state index contributed by atoms with van der Waals surface area (Å²) in [5.74, 6) is 1.10. The van der Waals surface area contributed by atoms with Gasteiger partial charge in [0.15, 0.2) is 5.11 Å². The van der Waals surface area contributed by atoms with Crippen LogP contribution in [-0.4, -0.2) is 31.2 Å². The fraction of sp³-hybridized carbons (Fsp3) is 0.211. The average molecular weight is 475 g/mol. The number of hydrogen-bond acceptors (Lipinski definition) is 6. The predicted octanol–water partition coefficient (Wildman–Crippen LogP) is 4.02. The van der Waals surface area contributed by atoms with Crippen LogP contribution in [0.4, 0.5) is 5.95 Å². The lowest BCUT2D eigenvalue weighted by Gasteiger charge is -2.03. The maximum atomic E-state index is 12.0. The third-order valence-corrected chi connectivity index (χ3v) is 4.51. The van der Waals surface area contributed by atoms with Gasteiger partial charge in [-0.3, -0.25) is 15.4 Å². The molecular formula is C19H19BrN6O2S. The molecule has 2 heterocycles. The van der Waals surface area contributed by atoms with Crippen LogP contribution in [0.2, 0.25) is 0 Å². The molecular weight excluding hydrogens is 456 g/mol. The summed E-state index contributed by atoms with van der Waals surface area (Å²) in [6.07, 6.45) is 4.90. The highest BCUT2D eigenvalue weighted by Gasteiger charge is 2.07. The summed E-state index contributed by atoms with van der Waals surface area (Å²) >= 11 is 8.50. The first-order chi connectivity index (χ1) is 14.0. The summed E-state index contributed by atoms with van der Waals surface area (Å²) in [6, 6.07) is 11.4. The molecule has 0 aliphatic carbocycles. The molecule has 1 aromatic carbocycles. The number of rotatable bonds is 7. The van der Waals surface area contributed by atoms with E-state index in [-0.39, 0.29) is 11.1 Å². The maximum Gasteiger partial charge on any atom is 0.269 e. The number of nitrogens with one attached hydrogen (secondary N) is 2. The first kappa shape index (κ1) is 20.9. The number of aromatic nitrogens is 4. The normalized spacial score (nSPS) is 11.0. The minimum absolute atomic E-state index is 0.0877. The Hall–Kier alpha value is -2.85. The Balaban J connectivity index is 1.51. The van der Waals surface area contributed by atoms with Crippen molar-refractivity contribution in [2.75, 3.05) is 5.32 Å². The van der Waals surface area contributed by atoms with Crippen molar-refractivity contribution in [1.29, 1.82) is 0 Å². The van der Waals surface area contributed by atoms with Crippen LogP contribution >= 0.6 is 28.1 Å². The van der Waals surface area contributed by atoms with Gasteiger partial charge in [-0.2, -0.15) is 4.80 Å². The predicted molar refractivity (Wildman–Crippen MR) is 118 cm³/mol. The van der Waals surface area contributed by atoms with Crippen molar-refractivity contribution in [3.8, 4) is 11.3 Å². The minimum atomic E-state index is -0.400. The van der Waals surface area contributed by atoms with Crippen LogP contribution < -0.4 is 10.6 Å². The van der Waals surface area contributed by atoms with Gasteiger partial charge in [0.05, 0.1) is 6.54 Å². The minimum Gasteiger partial charge on any atom is -0.457 e. The third-order valence-electron chi connectivity index (χ3n) is 3.78. The molecule has 0 atom stereocenters. The zero-order valence-corrected chi connectivity index (χ0v) is 18.0. The summed E-state index contributed by atoms with van der Waals surface area (Å²) < 4.78 is 6.73. The van der Waals surface area contributed by atoms with Gasteiger partial charge in [0.1, 0.15) is 11.5 Å². The van der Waals surface area contributed by atoms with Crippen LogP contribution in [0.25, 0.3) is 17.4 Å². The van der Waals surface area contributed by atoms with Gasteiger partial charge in [-0.25, -0.2) is 0 Å². The van der Waals surface area contributed by atoms with Crippen molar-refractivity contribution in [3.63, 3.8) is 0 Å². The molecule has 0 radical (unpaired) electrons. The van der Waals surface area contributed by atoms with E-state index in [4.69, 9.17) is 16.6 Å². The number of benzene rings is 1. The highest BCUT2D eigenvalue weighted by molar-refractivity contribution is 9.10. The number of unbranched alkanes of at least 4 members (excludes halogenated alkanes) is 1. The van der Waals surface area contributed by atoms with Gasteiger partial charge in [0.2, 0.25) is 5.91 Å². The molecule has 2 N–H and O–H groups in total. The lowest BCUT2D eigenvalue weighted by atomic mass is 10.2. The van der Waals surface area contributed by atoms with E-state index in [9.17, 15) is 4.79 Å². The third kappa shape index (κ3) is 6.33. The molecule has 29 heavy (non-hydrogen) atoms. The van der Waals surface area contributed by atoms with Gasteiger partial charge in [-0.05, 0) is 54.2 Å². The quantitative estimate of drug-likeness (QED) is 0.394. The number of halogens is 1. The van der Waals surface area contributed by atoms with E-state index in [0.29, 0.717) is 18.1 Å². The number of thiocarbonyl (C=S) groups is 1. The summed E-state index contributed by atoms with van der Waals surface area (Å²) in [6.45, 7) is 2.76. The van der Waals surface area contributed by atoms with Gasteiger partial charge in [0, 0.05) is 16.1 Å². The van der Waals surface area contributed by atoms with E-state index in [2.05, 4.69) is 48.9 Å². The van der Waals surface area contributed by atoms with Crippen molar-refractivity contribution in [1.82, 2.24) is 25.5 Å². The second-order valence-electron chi connectivity index (χ2n) is 6.05. The number of tetrazole rings is 1. The number of furan rings is 1. The van der Waals surface area contributed by atoms with Crippen molar-refractivity contribution < 1.29 is 9.21 Å². The van der Waals surface area contributed by atoms with Gasteiger partial charge >= 0.3 is 0 Å². The Morgan fingerprint density at radius 3 is 2.83 bits per heavy atom. The molecule has 0 saturated heterocycles. The fourth-order valence-electron chi connectivity index (χ4n) is 2.34. The molecule has 3 rings (SSSR count). The first-order valence-corrected chi connectivity index (χ1v) is 10.2. The number of anilines is 1. The topological polar surface area (TPSA) is 97.9 Å². The molecule has 8 nitrogen and oxygen atoms in total. The van der Waals surface area contributed by atoms with Crippen molar-refractivity contribution >= 4 is 51.2 Å². The molecule has 0 bridgehead atoms. The Bertz CT molecular complexity index is 1010. The number of carbonyl (C=O) groups is 1. The van der Waals surface area contributed by atoms with Gasteiger partial charge in [-0.15, -0.1) is 5.10 Å². The second kappa shape index (κ2) is 10.1. The zero-order chi connectivity index (χ0) is 20.6. The molecule has 150 valence electrons.